The largest absolute Gasteiger partial charge is 0.466 e. The molecule has 0 amide bonds. The normalized spacial score (nSPS) is 16.1. The van der Waals surface area contributed by atoms with Crippen LogP contribution in [0.4, 0.5) is 11.4 Å². The number of hydrogen-bond acceptors (Lipinski definition) is 8. The van der Waals surface area contributed by atoms with Crippen molar-refractivity contribution in [3.8, 4) is 0 Å². The maximum atomic E-state index is 13.2. The van der Waals surface area contributed by atoms with E-state index in [-0.39, 0.29) is 29.5 Å². The maximum absolute atomic E-state index is 13.2. The molecule has 0 spiro atoms. The van der Waals surface area contributed by atoms with Gasteiger partial charge >= 0.3 is 11.9 Å². The molecular formula is C22H22N2O7S. The fourth-order valence-corrected chi connectivity index (χ4v) is 5.33. The van der Waals surface area contributed by atoms with Crippen LogP contribution in [0.3, 0.4) is 0 Å². The Balaban J connectivity index is 1.68. The number of fused-ring (bicyclic) bond motifs is 1. The molecule has 0 unspecified atom stereocenters. The Kier molecular flexibility index (Phi) is 5.90. The zero-order valence-corrected chi connectivity index (χ0v) is 18.4. The van der Waals surface area contributed by atoms with Crippen molar-refractivity contribution in [2.24, 2.45) is 0 Å². The first kappa shape index (κ1) is 21.8. The van der Waals surface area contributed by atoms with Crippen molar-refractivity contribution in [2.45, 2.75) is 11.3 Å². The van der Waals surface area contributed by atoms with Gasteiger partial charge in [0.2, 0.25) is 0 Å². The van der Waals surface area contributed by atoms with Gasteiger partial charge in [0.15, 0.2) is 0 Å². The maximum Gasteiger partial charge on any atom is 0.355 e. The van der Waals surface area contributed by atoms with Crippen molar-refractivity contribution in [1.82, 2.24) is 0 Å². The molecule has 0 N–H and O–H groups in total. The number of rotatable bonds is 5. The first-order chi connectivity index (χ1) is 15.4. The van der Waals surface area contributed by atoms with E-state index in [0.29, 0.717) is 24.3 Å². The Bertz CT molecular complexity index is 1190. The van der Waals surface area contributed by atoms with Crippen LogP contribution in [0.1, 0.15) is 5.56 Å². The lowest BCUT2D eigenvalue weighted by Gasteiger charge is -2.31. The van der Waals surface area contributed by atoms with E-state index in [1.807, 2.05) is 18.2 Å². The molecule has 0 radical (unpaired) electrons. The van der Waals surface area contributed by atoms with Crippen molar-refractivity contribution in [1.29, 1.82) is 0 Å². The molecule has 2 heterocycles. The molecule has 0 aromatic heterocycles. The van der Waals surface area contributed by atoms with Crippen molar-refractivity contribution >= 4 is 33.3 Å². The topological polar surface area (TPSA) is 102 Å². The smallest absolute Gasteiger partial charge is 0.355 e. The van der Waals surface area contributed by atoms with Gasteiger partial charge in [-0.15, -0.1) is 0 Å². The summed E-state index contributed by atoms with van der Waals surface area (Å²) < 4.78 is 42.9. The third-order valence-corrected chi connectivity index (χ3v) is 7.24. The highest BCUT2D eigenvalue weighted by Gasteiger charge is 2.34. The SMILES string of the molecule is COC(=O)C1=C(C(=O)OC)N(c2ccc(S(=O)(=O)N3CCc4ccccc43)cc2)COC1. The summed E-state index contributed by atoms with van der Waals surface area (Å²) in [4.78, 5) is 26.1. The summed E-state index contributed by atoms with van der Waals surface area (Å²) in [5.41, 5.74) is 2.15. The van der Waals surface area contributed by atoms with Crippen molar-refractivity contribution in [2.75, 3.05) is 43.3 Å². The molecule has 10 heteroatoms. The number of hydrogen-bond donors (Lipinski definition) is 0. The standard InChI is InChI=1S/C22H22N2O7S/c1-29-21(25)18-13-31-14-23(20(18)22(26)30-2)16-7-9-17(10-8-16)32(27,28)24-12-11-15-5-3-4-6-19(15)24/h3-10H,11-14H2,1-2H3. The van der Waals surface area contributed by atoms with Gasteiger partial charge in [0.05, 0.1) is 37.0 Å². The van der Waals surface area contributed by atoms with Crippen LogP contribution >= 0.6 is 0 Å². The number of sulfonamides is 1. The van der Waals surface area contributed by atoms with Crippen LogP contribution in [0.15, 0.2) is 64.7 Å². The fourth-order valence-electron chi connectivity index (χ4n) is 3.83. The number of anilines is 2. The highest BCUT2D eigenvalue weighted by molar-refractivity contribution is 7.92. The monoisotopic (exact) mass is 458 g/mol. The number of carbonyl (C=O) groups excluding carboxylic acids is 2. The lowest BCUT2D eigenvalue weighted by Crippen LogP contribution is -2.38. The van der Waals surface area contributed by atoms with E-state index in [1.165, 1.54) is 35.6 Å². The van der Waals surface area contributed by atoms with E-state index >= 15 is 0 Å². The molecule has 0 saturated carbocycles. The third-order valence-electron chi connectivity index (χ3n) is 5.41. The average Bonchev–Trinajstić information content (AvgIpc) is 3.27. The molecular weight excluding hydrogens is 436 g/mol. The summed E-state index contributed by atoms with van der Waals surface area (Å²) in [5, 5.41) is 0. The van der Waals surface area contributed by atoms with Gasteiger partial charge in [-0.05, 0) is 42.3 Å². The molecule has 0 saturated heterocycles. The molecule has 32 heavy (non-hydrogen) atoms. The minimum absolute atomic E-state index is 0.00493. The molecule has 0 aliphatic carbocycles. The Morgan fingerprint density at radius 1 is 0.969 bits per heavy atom. The lowest BCUT2D eigenvalue weighted by molar-refractivity contribution is -0.140. The van der Waals surface area contributed by atoms with Gasteiger partial charge in [-0.2, -0.15) is 0 Å². The van der Waals surface area contributed by atoms with Crippen LogP contribution in [0.25, 0.3) is 0 Å². The molecule has 2 aromatic rings. The predicted molar refractivity (Wildman–Crippen MR) is 115 cm³/mol. The average molecular weight is 458 g/mol. The quantitative estimate of drug-likeness (QED) is 0.626. The fraction of sp³-hybridized carbons (Fsp3) is 0.273. The predicted octanol–water partition coefficient (Wildman–Crippen LogP) is 1.83. The summed E-state index contributed by atoms with van der Waals surface area (Å²) in [6.07, 6.45) is 0.655. The Morgan fingerprint density at radius 2 is 1.66 bits per heavy atom. The second-order valence-corrected chi connectivity index (χ2v) is 9.03. The number of esters is 2. The molecule has 2 aliphatic heterocycles. The van der Waals surface area contributed by atoms with Crippen LogP contribution in [-0.4, -0.2) is 54.5 Å². The van der Waals surface area contributed by atoms with Gasteiger partial charge in [-0.25, -0.2) is 18.0 Å². The van der Waals surface area contributed by atoms with Gasteiger partial charge in [-0.1, -0.05) is 18.2 Å². The van der Waals surface area contributed by atoms with E-state index in [0.717, 1.165) is 5.56 Å². The van der Waals surface area contributed by atoms with Gasteiger partial charge < -0.3 is 19.1 Å². The number of methoxy groups -OCH3 is 2. The van der Waals surface area contributed by atoms with Crippen molar-refractivity contribution in [3.05, 3.63) is 65.4 Å². The van der Waals surface area contributed by atoms with Gasteiger partial charge in [0, 0.05) is 12.2 Å². The zero-order chi connectivity index (χ0) is 22.9. The summed E-state index contributed by atoms with van der Waals surface area (Å²) in [5.74, 6) is -1.43. The first-order valence-electron chi connectivity index (χ1n) is 9.84. The minimum Gasteiger partial charge on any atom is -0.466 e. The number of ether oxygens (including phenoxy) is 3. The van der Waals surface area contributed by atoms with Crippen LogP contribution in [0.2, 0.25) is 0 Å². The van der Waals surface area contributed by atoms with Crippen LogP contribution in [0.5, 0.6) is 0 Å². The third kappa shape index (κ3) is 3.71. The molecule has 9 nitrogen and oxygen atoms in total. The van der Waals surface area contributed by atoms with Gasteiger partial charge in [-0.3, -0.25) is 4.31 Å². The van der Waals surface area contributed by atoms with Gasteiger partial charge in [0.1, 0.15) is 12.4 Å². The molecule has 4 rings (SSSR count). The summed E-state index contributed by atoms with van der Waals surface area (Å²) in [6, 6.07) is 13.5. The number of carbonyl (C=O) groups is 2. The van der Waals surface area contributed by atoms with E-state index in [4.69, 9.17) is 14.2 Å². The Labute approximate surface area is 185 Å². The summed E-state index contributed by atoms with van der Waals surface area (Å²) in [6.45, 7) is 0.256. The van der Waals surface area contributed by atoms with E-state index < -0.39 is 22.0 Å². The van der Waals surface area contributed by atoms with Crippen LogP contribution < -0.4 is 9.21 Å². The molecule has 0 bridgehead atoms. The molecule has 0 fully saturated rings. The highest BCUT2D eigenvalue weighted by Crippen LogP contribution is 2.34. The number of nitrogens with zero attached hydrogens (tertiary/aromatic N) is 2. The molecule has 0 atom stereocenters. The highest BCUT2D eigenvalue weighted by atomic mass is 32.2. The van der Waals surface area contributed by atoms with E-state index in [1.54, 1.807) is 18.2 Å². The molecule has 2 aromatic carbocycles. The van der Waals surface area contributed by atoms with E-state index in [9.17, 15) is 18.0 Å². The summed E-state index contributed by atoms with van der Waals surface area (Å²) >= 11 is 0. The van der Waals surface area contributed by atoms with E-state index in [2.05, 4.69) is 0 Å². The van der Waals surface area contributed by atoms with Crippen molar-refractivity contribution in [3.63, 3.8) is 0 Å². The second-order valence-electron chi connectivity index (χ2n) is 7.17. The lowest BCUT2D eigenvalue weighted by atomic mass is 10.1. The molecule has 168 valence electrons. The van der Waals surface area contributed by atoms with Crippen LogP contribution in [-0.2, 0) is 40.2 Å². The number of benzene rings is 2. The van der Waals surface area contributed by atoms with Crippen molar-refractivity contribution < 1.29 is 32.2 Å². The second kappa shape index (κ2) is 8.64. The van der Waals surface area contributed by atoms with Crippen LogP contribution in [0, 0.1) is 0 Å². The zero-order valence-electron chi connectivity index (χ0n) is 17.6. The first-order valence-corrected chi connectivity index (χ1v) is 11.3. The Hall–Kier alpha value is -3.37. The molecule has 2 aliphatic rings. The number of para-hydroxylation sites is 1. The Morgan fingerprint density at radius 3 is 2.34 bits per heavy atom. The summed E-state index contributed by atoms with van der Waals surface area (Å²) in [7, 11) is -1.34. The van der Waals surface area contributed by atoms with Gasteiger partial charge in [0.25, 0.3) is 10.0 Å². The minimum atomic E-state index is -3.76.